The van der Waals surface area contributed by atoms with E-state index in [9.17, 15) is 4.39 Å². The van der Waals surface area contributed by atoms with E-state index in [2.05, 4.69) is 46.4 Å². The van der Waals surface area contributed by atoms with E-state index in [0.717, 1.165) is 28.6 Å². The monoisotopic (exact) mass is 321 g/mol. The van der Waals surface area contributed by atoms with Crippen molar-refractivity contribution in [1.29, 1.82) is 0 Å². The second kappa shape index (κ2) is 6.71. The molecule has 0 saturated carbocycles. The summed E-state index contributed by atoms with van der Waals surface area (Å²) in [6.07, 6.45) is 2.19. The molecule has 2 aromatic carbocycles. The molecule has 0 aliphatic rings. The Morgan fingerprint density at radius 2 is 1.89 bits per heavy atom. The Kier molecular flexibility index (Phi) is 4.97. The van der Waals surface area contributed by atoms with Gasteiger partial charge in [-0.1, -0.05) is 53.5 Å². The third kappa shape index (κ3) is 3.80. The van der Waals surface area contributed by atoms with Gasteiger partial charge in [0.15, 0.2) is 0 Å². The molecule has 1 nitrogen and oxygen atoms in total. The molecule has 0 fully saturated rings. The fourth-order valence-corrected chi connectivity index (χ4v) is 2.53. The predicted molar refractivity (Wildman–Crippen MR) is 81.9 cm³/mol. The molecule has 0 saturated heterocycles. The number of benzene rings is 2. The lowest BCUT2D eigenvalue weighted by atomic mass is 10.1. The summed E-state index contributed by atoms with van der Waals surface area (Å²) < 4.78 is 13.8. The Balaban J connectivity index is 2.10. The number of anilines is 1. The first-order chi connectivity index (χ1) is 9.20. The first-order valence-corrected chi connectivity index (χ1v) is 7.25. The zero-order valence-corrected chi connectivity index (χ0v) is 12.5. The first-order valence-electron chi connectivity index (χ1n) is 6.46. The molecule has 100 valence electrons. The maximum Gasteiger partial charge on any atom is 0.124 e. The third-order valence-corrected chi connectivity index (χ3v) is 3.76. The van der Waals surface area contributed by atoms with Crippen LogP contribution in [0.15, 0.2) is 46.9 Å². The molecular formula is C16H17BrFN. The van der Waals surface area contributed by atoms with E-state index in [1.54, 1.807) is 6.07 Å². The topological polar surface area (TPSA) is 12.0 Å². The van der Waals surface area contributed by atoms with E-state index >= 15 is 0 Å². The molecule has 0 heterocycles. The maximum atomic E-state index is 13.0. The number of hydrogen-bond acceptors (Lipinski definition) is 1. The van der Waals surface area contributed by atoms with Crippen molar-refractivity contribution in [2.45, 2.75) is 26.3 Å². The average molecular weight is 322 g/mol. The van der Waals surface area contributed by atoms with Crippen LogP contribution in [-0.4, -0.2) is 0 Å². The number of aryl methyl sites for hydroxylation is 1. The number of hydrogen-bond donors (Lipinski definition) is 1. The van der Waals surface area contributed by atoms with E-state index in [1.165, 1.54) is 17.7 Å². The minimum atomic E-state index is -0.220. The van der Waals surface area contributed by atoms with Gasteiger partial charge in [-0.2, -0.15) is 0 Å². The van der Waals surface area contributed by atoms with Gasteiger partial charge < -0.3 is 5.32 Å². The van der Waals surface area contributed by atoms with Crippen LogP contribution in [0, 0.1) is 5.82 Å². The van der Waals surface area contributed by atoms with Crippen molar-refractivity contribution >= 4 is 21.6 Å². The normalized spacial score (nSPS) is 10.5. The molecule has 2 aromatic rings. The van der Waals surface area contributed by atoms with Crippen LogP contribution in [0.2, 0.25) is 0 Å². The summed E-state index contributed by atoms with van der Waals surface area (Å²) in [6.45, 7) is 2.86. The lowest BCUT2D eigenvalue weighted by molar-refractivity contribution is 0.626. The molecule has 19 heavy (non-hydrogen) atoms. The van der Waals surface area contributed by atoms with E-state index in [4.69, 9.17) is 0 Å². The summed E-state index contributed by atoms with van der Waals surface area (Å²) in [5.41, 5.74) is 3.52. The summed E-state index contributed by atoms with van der Waals surface area (Å²) in [4.78, 5) is 0. The minimum Gasteiger partial charge on any atom is -0.381 e. The fraction of sp³-hybridized carbons (Fsp3) is 0.250. The first kappa shape index (κ1) is 14.1. The summed E-state index contributed by atoms with van der Waals surface area (Å²) in [5.74, 6) is -0.220. The van der Waals surface area contributed by atoms with Crippen molar-refractivity contribution in [3.05, 3.63) is 63.9 Å². The van der Waals surface area contributed by atoms with Crippen molar-refractivity contribution < 1.29 is 4.39 Å². The van der Waals surface area contributed by atoms with Crippen molar-refractivity contribution in [2.24, 2.45) is 0 Å². The van der Waals surface area contributed by atoms with E-state index in [-0.39, 0.29) is 5.82 Å². The van der Waals surface area contributed by atoms with Gasteiger partial charge in [0.1, 0.15) is 5.82 Å². The Bertz CT molecular complexity index is 554. The molecule has 0 atom stereocenters. The Labute approximate surface area is 122 Å². The average Bonchev–Trinajstić information content (AvgIpc) is 2.40. The highest BCUT2D eigenvalue weighted by molar-refractivity contribution is 9.10. The van der Waals surface area contributed by atoms with Gasteiger partial charge in [0.05, 0.1) is 0 Å². The molecular weight excluding hydrogens is 305 g/mol. The molecule has 0 unspecified atom stereocenters. The lowest BCUT2D eigenvalue weighted by Crippen LogP contribution is -2.03. The SMILES string of the molecule is CCCc1ccccc1NCc1ccc(F)cc1Br. The van der Waals surface area contributed by atoms with Gasteiger partial charge in [-0.05, 0) is 35.7 Å². The standard InChI is InChI=1S/C16H17BrFN/c1-2-5-12-6-3-4-7-16(12)19-11-13-8-9-14(18)10-15(13)17/h3-4,6-10,19H,2,5,11H2,1H3. The number of halogens is 2. The molecule has 0 radical (unpaired) electrons. The van der Waals surface area contributed by atoms with E-state index in [0.29, 0.717) is 6.54 Å². The summed E-state index contributed by atoms with van der Waals surface area (Å²) in [7, 11) is 0. The van der Waals surface area contributed by atoms with Crippen LogP contribution in [0.25, 0.3) is 0 Å². The van der Waals surface area contributed by atoms with Gasteiger partial charge in [-0.25, -0.2) is 4.39 Å². The van der Waals surface area contributed by atoms with Crippen LogP contribution < -0.4 is 5.32 Å². The maximum absolute atomic E-state index is 13.0. The molecule has 0 aliphatic heterocycles. The molecule has 1 N–H and O–H groups in total. The van der Waals surface area contributed by atoms with Gasteiger partial charge in [0.2, 0.25) is 0 Å². The third-order valence-electron chi connectivity index (χ3n) is 3.02. The summed E-state index contributed by atoms with van der Waals surface area (Å²) >= 11 is 3.39. The van der Waals surface area contributed by atoms with Gasteiger partial charge in [-0.15, -0.1) is 0 Å². The number of rotatable bonds is 5. The highest BCUT2D eigenvalue weighted by Gasteiger charge is 2.04. The van der Waals surface area contributed by atoms with Crippen LogP contribution in [0.3, 0.4) is 0 Å². The Hall–Kier alpha value is -1.35. The van der Waals surface area contributed by atoms with Crippen molar-refractivity contribution in [3.8, 4) is 0 Å². The number of para-hydroxylation sites is 1. The lowest BCUT2D eigenvalue weighted by Gasteiger charge is -2.12. The highest BCUT2D eigenvalue weighted by Crippen LogP contribution is 2.21. The van der Waals surface area contributed by atoms with Gasteiger partial charge >= 0.3 is 0 Å². The summed E-state index contributed by atoms with van der Waals surface area (Å²) in [5, 5.41) is 3.42. The molecule has 0 aromatic heterocycles. The smallest absolute Gasteiger partial charge is 0.124 e. The Morgan fingerprint density at radius 1 is 1.11 bits per heavy atom. The Morgan fingerprint density at radius 3 is 2.63 bits per heavy atom. The van der Waals surface area contributed by atoms with Crippen LogP contribution in [0.1, 0.15) is 24.5 Å². The molecule has 0 spiro atoms. The molecule has 2 rings (SSSR count). The van der Waals surface area contributed by atoms with Crippen molar-refractivity contribution in [3.63, 3.8) is 0 Å². The molecule has 3 heteroatoms. The molecule has 0 bridgehead atoms. The van der Waals surface area contributed by atoms with Crippen molar-refractivity contribution in [2.75, 3.05) is 5.32 Å². The second-order valence-corrected chi connectivity index (χ2v) is 5.35. The second-order valence-electron chi connectivity index (χ2n) is 4.50. The molecule has 0 amide bonds. The van der Waals surface area contributed by atoms with Crippen molar-refractivity contribution in [1.82, 2.24) is 0 Å². The van der Waals surface area contributed by atoms with Crippen LogP contribution in [0.4, 0.5) is 10.1 Å². The zero-order valence-electron chi connectivity index (χ0n) is 10.9. The summed E-state index contributed by atoms with van der Waals surface area (Å²) in [6, 6.07) is 13.1. The van der Waals surface area contributed by atoms with Gasteiger partial charge in [0, 0.05) is 16.7 Å². The van der Waals surface area contributed by atoms with Crippen LogP contribution in [-0.2, 0) is 13.0 Å². The fourth-order valence-electron chi connectivity index (χ4n) is 2.04. The minimum absolute atomic E-state index is 0.220. The van der Waals surface area contributed by atoms with Crippen LogP contribution in [0.5, 0.6) is 0 Å². The van der Waals surface area contributed by atoms with E-state index < -0.39 is 0 Å². The molecule has 0 aliphatic carbocycles. The van der Waals surface area contributed by atoms with Gasteiger partial charge in [0.25, 0.3) is 0 Å². The quantitative estimate of drug-likeness (QED) is 0.802. The zero-order chi connectivity index (χ0) is 13.7. The largest absolute Gasteiger partial charge is 0.381 e. The highest BCUT2D eigenvalue weighted by atomic mass is 79.9. The van der Waals surface area contributed by atoms with E-state index in [1.807, 2.05) is 6.07 Å². The van der Waals surface area contributed by atoms with Gasteiger partial charge in [-0.3, -0.25) is 0 Å². The predicted octanol–water partition coefficient (Wildman–Crippen LogP) is 5.15. The number of nitrogens with one attached hydrogen (secondary N) is 1. The van der Waals surface area contributed by atoms with Crippen LogP contribution >= 0.6 is 15.9 Å².